The lowest BCUT2D eigenvalue weighted by Crippen LogP contribution is -2.19. The number of ether oxygens (including phenoxy) is 1. The molecule has 1 heterocycles. The van der Waals surface area contributed by atoms with Gasteiger partial charge in [0.15, 0.2) is 13.3 Å². The Kier molecular flexibility index (Phi) is 6.44. The zero-order valence-electron chi connectivity index (χ0n) is 14.3. The van der Waals surface area contributed by atoms with Crippen LogP contribution in [-0.2, 0) is 25.3 Å². The minimum Gasteiger partial charge on any atom is -0.462 e. The van der Waals surface area contributed by atoms with Crippen molar-refractivity contribution in [3.63, 3.8) is 0 Å². The van der Waals surface area contributed by atoms with Gasteiger partial charge in [-0.15, -0.1) is 0 Å². The molecular weight excluding hydrogens is 353 g/mol. The minimum absolute atomic E-state index is 0.0230. The number of carbonyl (C=O) groups excluding carboxylic acids is 2. The zero-order valence-corrected chi connectivity index (χ0v) is 16.4. The van der Waals surface area contributed by atoms with E-state index >= 15 is 0 Å². The third kappa shape index (κ3) is 5.00. The maximum atomic E-state index is 12.2. The molecule has 0 N–H and O–H groups in total. The maximum Gasteiger partial charge on any atom is 0.306 e. The van der Waals surface area contributed by atoms with Crippen LogP contribution in [-0.4, -0.2) is 31.5 Å². The molecule has 3 rings (SSSR count). The van der Waals surface area contributed by atoms with Crippen LogP contribution in [0, 0.1) is 11.8 Å². The van der Waals surface area contributed by atoms with E-state index in [-0.39, 0.29) is 35.8 Å². The Morgan fingerprint density at radius 1 is 1.40 bits per heavy atom. The first-order chi connectivity index (χ1) is 12.0. The fourth-order valence-corrected chi connectivity index (χ4v) is 4.83. The summed E-state index contributed by atoms with van der Waals surface area (Å²) in [5.74, 6) is 0.186. The Bertz CT molecular complexity index is 650. The van der Waals surface area contributed by atoms with Gasteiger partial charge < -0.3 is 9.26 Å². The Morgan fingerprint density at radius 3 is 2.88 bits per heavy atom. The number of rotatable bonds is 7. The van der Waals surface area contributed by atoms with Gasteiger partial charge in [-0.05, 0) is 25.8 Å². The molecule has 0 amide bonds. The molecule has 2 fully saturated rings. The molecule has 25 heavy (non-hydrogen) atoms. The van der Waals surface area contributed by atoms with Crippen molar-refractivity contribution in [1.82, 2.24) is 0 Å². The summed E-state index contributed by atoms with van der Waals surface area (Å²) >= 11 is 0. The van der Waals surface area contributed by atoms with Crippen molar-refractivity contribution < 1.29 is 18.8 Å². The third-order valence-corrected chi connectivity index (χ3v) is 5.83. The number of hydrogen-bond acceptors (Lipinski definition) is 4. The average molecular weight is 376 g/mol. The topological polar surface area (TPSA) is 52.6 Å². The van der Waals surface area contributed by atoms with Gasteiger partial charge in [-0.3, -0.25) is 9.59 Å². The summed E-state index contributed by atoms with van der Waals surface area (Å²) in [4.78, 5) is 23.8. The van der Waals surface area contributed by atoms with Crippen molar-refractivity contribution in [3.8, 4) is 0 Å². The number of hydrogen-bond donors (Lipinski definition) is 0. The van der Waals surface area contributed by atoms with Crippen molar-refractivity contribution in [3.05, 3.63) is 48.0 Å². The van der Waals surface area contributed by atoms with Crippen LogP contribution < -0.4 is 0 Å². The number of esters is 1. The summed E-state index contributed by atoms with van der Waals surface area (Å²) in [5.41, 5.74) is 1.17. The molecule has 6 atom stereocenters. The SMILES string of the molecule is BP(P)O[C@@H]1C[C@@H]2OC(=O)C[C@@H]2C1/C=C/C(=O)CCc1ccccc1. The maximum absolute atomic E-state index is 12.2. The highest BCUT2D eigenvalue weighted by atomic mass is 32.0. The predicted molar refractivity (Wildman–Crippen MR) is 105 cm³/mol. The molecule has 0 spiro atoms. The Labute approximate surface area is 153 Å². The van der Waals surface area contributed by atoms with E-state index in [1.165, 1.54) is 5.56 Å². The van der Waals surface area contributed by atoms with Crippen molar-refractivity contribution >= 4 is 36.0 Å². The summed E-state index contributed by atoms with van der Waals surface area (Å²) in [7, 11) is 4.16. The number of benzene rings is 1. The van der Waals surface area contributed by atoms with Gasteiger partial charge in [0.25, 0.3) is 0 Å². The molecule has 1 aliphatic heterocycles. The minimum atomic E-state index is -0.574. The summed E-state index contributed by atoms with van der Waals surface area (Å²) in [6, 6.07) is 10.0. The fraction of sp³-hybridized carbons (Fsp3) is 0.444. The first-order valence-electron chi connectivity index (χ1n) is 8.62. The summed E-state index contributed by atoms with van der Waals surface area (Å²) in [5, 5.41) is 0. The standard InChI is InChI=1S/C18H23BO4P2/c19-25(24)23-17-11-16-15(10-18(21)22-16)14(17)9-8-13(20)7-6-12-4-2-1-3-5-12/h1-5,8-9,14-17H,6-7,10-11,19,24H2/b9-8+/t14?,15-,16+,17-,25?/m1/s1. The molecule has 0 radical (unpaired) electrons. The molecule has 3 unspecified atom stereocenters. The number of carbonyl (C=O) groups is 2. The monoisotopic (exact) mass is 376 g/mol. The smallest absolute Gasteiger partial charge is 0.306 e. The Hall–Kier alpha value is -1.02. The van der Waals surface area contributed by atoms with Gasteiger partial charge in [0, 0.05) is 24.7 Å². The van der Waals surface area contributed by atoms with Crippen molar-refractivity contribution in [1.29, 1.82) is 0 Å². The second-order valence-corrected chi connectivity index (χ2v) is 10.2. The second-order valence-electron chi connectivity index (χ2n) is 6.71. The summed E-state index contributed by atoms with van der Waals surface area (Å²) in [6.07, 6.45) is 5.98. The van der Waals surface area contributed by atoms with Crippen molar-refractivity contribution in [2.75, 3.05) is 0 Å². The van der Waals surface area contributed by atoms with Crippen LogP contribution in [0.2, 0.25) is 0 Å². The Morgan fingerprint density at radius 2 is 2.16 bits per heavy atom. The molecular formula is C18H23BO4P2. The molecule has 1 aromatic carbocycles. The first kappa shape index (κ1) is 18.8. The fourth-order valence-electron chi connectivity index (χ4n) is 3.70. The highest BCUT2D eigenvalue weighted by Gasteiger charge is 2.49. The van der Waals surface area contributed by atoms with E-state index in [1.54, 1.807) is 6.08 Å². The van der Waals surface area contributed by atoms with E-state index in [1.807, 2.05) is 44.0 Å². The van der Waals surface area contributed by atoms with E-state index in [0.717, 1.165) is 12.8 Å². The van der Waals surface area contributed by atoms with Gasteiger partial charge in [0.05, 0.1) is 12.5 Å². The largest absolute Gasteiger partial charge is 0.462 e. The predicted octanol–water partition coefficient (Wildman–Crippen LogP) is 2.82. The van der Waals surface area contributed by atoms with E-state index in [2.05, 4.69) is 8.93 Å². The lowest BCUT2D eigenvalue weighted by Gasteiger charge is -2.22. The van der Waals surface area contributed by atoms with Gasteiger partial charge in [-0.2, -0.15) is 0 Å². The molecule has 7 heteroatoms. The molecule has 2 aliphatic rings. The zero-order chi connectivity index (χ0) is 17.8. The lowest BCUT2D eigenvalue weighted by molar-refractivity contribution is -0.141. The molecule has 0 bridgehead atoms. The number of fused-ring (bicyclic) bond motifs is 1. The van der Waals surface area contributed by atoms with E-state index < -0.39 is 7.72 Å². The molecule has 132 valence electrons. The highest BCUT2D eigenvalue weighted by Crippen LogP contribution is 2.50. The van der Waals surface area contributed by atoms with Crippen molar-refractivity contribution in [2.45, 2.75) is 37.9 Å². The van der Waals surface area contributed by atoms with Crippen LogP contribution in [0.3, 0.4) is 0 Å². The van der Waals surface area contributed by atoms with Crippen LogP contribution in [0.25, 0.3) is 0 Å². The summed E-state index contributed by atoms with van der Waals surface area (Å²) < 4.78 is 11.4. The van der Waals surface area contributed by atoms with Crippen LogP contribution in [0.15, 0.2) is 42.5 Å². The van der Waals surface area contributed by atoms with Gasteiger partial charge in [0.2, 0.25) is 0 Å². The van der Waals surface area contributed by atoms with Gasteiger partial charge in [-0.1, -0.05) is 45.3 Å². The quantitative estimate of drug-likeness (QED) is 0.318. The Balaban J connectivity index is 1.60. The number of ketones is 1. The van der Waals surface area contributed by atoms with Crippen LogP contribution >= 0.6 is 16.6 Å². The molecule has 1 aromatic rings. The normalized spacial score (nSPS) is 29.6. The molecule has 4 nitrogen and oxygen atoms in total. The van der Waals surface area contributed by atoms with Crippen molar-refractivity contribution in [2.24, 2.45) is 11.8 Å². The van der Waals surface area contributed by atoms with Crippen LogP contribution in [0.1, 0.15) is 24.8 Å². The molecule has 0 aromatic heterocycles. The molecule has 1 aliphatic carbocycles. The van der Waals surface area contributed by atoms with Gasteiger partial charge in [-0.25, -0.2) is 0 Å². The number of aryl methyl sites for hydroxylation is 1. The number of allylic oxidation sites excluding steroid dienone is 1. The van der Waals surface area contributed by atoms with Gasteiger partial charge >= 0.3 is 5.97 Å². The average Bonchev–Trinajstić information content (AvgIpc) is 3.07. The summed E-state index contributed by atoms with van der Waals surface area (Å²) in [6.45, 7) is 0. The lowest BCUT2D eigenvalue weighted by atomic mass is 9.91. The first-order valence-corrected chi connectivity index (χ1v) is 11.9. The second kappa shape index (κ2) is 8.58. The van der Waals surface area contributed by atoms with Gasteiger partial charge in [0.1, 0.15) is 6.10 Å². The molecule has 1 saturated carbocycles. The van der Waals surface area contributed by atoms with Crippen LogP contribution in [0.4, 0.5) is 0 Å². The van der Waals surface area contributed by atoms with E-state index in [4.69, 9.17) is 9.26 Å². The van der Waals surface area contributed by atoms with Crippen LogP contribution in [0.5, 0.6) is 0 Å². The van der Waals surface area contributed by atoms with E-state index in [0.29, 0.717) is 12.8 Å². The highest BCUT2D eigenvalue weighted by molar-refractivity contribution is 8.23. The van der Waals surface area contributed by atoms with E-state index in [9.17, 15) is 9.59 Å². The third-order valence-electron chi connectivity index (χ3n) is 4.86. The molecule has 1 saturated heterocycles.